The Kier molecular flexibility index (Phi) is 4.06. The second kappa shape index (κ2) is 5.89. The van der Waals surface area contributed by atoms with E-state index >= 15 is 0 Å². The van der Waals surface area contributed by atoms with E-state index in [-0.39, 0.29) is 23.5 Å². The molecule has 1 aromatic carbocycles. The molecular weight excluding hydrogens is 310 g/mol. The van der Waals surface area contributed by atoms with Crippen LogP contribution in [0.3, 0.4) is 0 Å². The van der Waals surface area contributed by atoms with Crippen LogP contribution >= 0.6 is 11.3 Å². The number of hydrogen-bond donors (Lipinski definition) is 1. The molecule has 1 aliphatic heterocycles. The van der Waals surface area contributed by atoms with Crippen molar-refractivity contribution >= 4 is 23.0 Å². The van der Waals surface area contributed by atoms with Gasteiger partial charge in [0.15, 0.2) is 0 Å². The molecule has 0 aliphatic carbocycles. The minimum absolute atomic E-state index is 0.0766. The standard InChI is InChI=1S/C18H21NO3S/c1-11(20)22-17-13-10-12(21-4)7-8-14(13)19-16(18(17,2)3)15-6-5-9-23-15/h5-10,16-17,19H,1-4H3/t16-,17-/m1/s1. The van der Waals surface area contributed by atoms with Gasteiger partial charge in [-0.05, 0) is 29.6 Å². The molecule has 0 spiro atoms. The van der Waals surface area contributed by atoms with E-state index in [9.17, 15) is 4.79 Å². The summed E-state index contributed by atoms with van der Waals surface area (Å²) in [5.41, 5.74) is 1.64. The van der Waals surface area contributed by atoms with Crippen molar-refractivity contribution in [3.8, 4) is 5.75 Å². The average molecular weight is 331 g/mol. The first-order chi connectivity index (χ1) is 10.9. The van der Waals surface area contributed by atoms with Gasteiger partial charge in [-0.15, -0.1) is 11.3 Å². The maximum absolute atomic E-state index is 11.7. The number of ether oxygens (including phenoxy) is 2. The van der Waals surface area contributed by atoms with Gasteiger partial charge < -0.3 is 14.8 Å². The number of nitrogens with one attached hydrogen (secondary N) is 1. The molecule has 0 bridgehead atoms. The molecule has 122 valence electrons. The Labute approximate surface area is 140 Å². The molecule has 0 saturated heterocycles. The maximum atomic E-state index is 11.7. The van der Waals surface area contributed by atoms with Crippen LogP contribution in [-0.2, 0) is 9.53 Å². The summed E-state index contributed by atoms with van der Waals surface area (Å²) >= 11 is 1.71. The molecule has 1 aliphatic rings. The summed E-state index contributed by atoms with van der Waals surface area (Å²) < 4.78 is 11.1. The van der Waals surface area contributed by atoms with Crippen molar-refractivity contribution in [2.75, 3.05) is 12.4 Å². The fourth-order valence-corrected chi connectivity index (χ4v) is 4.15. The van der Waals surface area contributed by atoms with E-state index in [1.54, 1.807) is 18.4 Å². The third-order valence-corrected chi connectivity index (χ3v) is 5.31. The molecule has 3 rings (SSSR count). The zero-order chi connectivity index (χ0) is 16.6. The predicted octanol–water partition coefficient (Wildman–Crippen LogP) is 4.55. The van der Waals surface area contributed by atoms with Gasteiger partial charge in [-0.1, -0.05) is 19.9 Å². The number of benzene rings is 1. The van der Waals surface area contributed by atoms with Crippen LogP contribution in [0.4, 0.5) is 5.69 Å². The number of carbonyl (C=O) groups excluding carboxylic acids is 1. The summed E-state index contributed by atoms with van der Waals surface area (Å²) in [7, 11) is 1.64. The summed E-state index contributed by atoms with van der Waals surface area (Å²) in [5.74, 6) is 0.483. The van der Waals surface area contributed by atoms with Crippen molar-refractivity contribution in [1.82, 2.24) is 0 Å². The third-order valence-electron chi connectivity index (χ3n) is 4.37. The van der Waals surface area contributed by atoms with Gasteiger partial charge >= 0.3 is 5.97 Å². The quantitative estimate of drug-likeness (QED) is 0.838. The highest BCUT2D eigenvalue weighted by atomic mass is 32.1. The van der Waals surface area contributed by atoms with Gasteiger partial charge in [0.05, 0.1) is 13.2 Å². The van der Waals surface area contributed by atoms with E-state index in [0.717, 1.165) is 17.0 Å². The number of thiophene rings is 1. The second-order valence-corrected chi connectivity index (χ2v) is 7.34. The molecule has 0 saturated carbocycles. The number of hydrogen-bond acceptors (Lipinski definition) is 5. The van der Waals surface area contributed by atoms with Gasteiger partial charge in [0.25, 0.3) is 0 Å². The lowest BCUT2D eigenvalue weighted by Gasteiger charge is -2.45. The van der Waals surface area contributed by atoms with Crippen LogP contribution in [0.25, 0.3) is 0 Å². The van der Waals surface area contributed by atoms with Crippen LogP contribution in [0.5, 0.6) is 5.75 Å². The van der Waals surface area contributed by atoms with E-state index < -0.39 is 0 Å². The Morgan fingerprint density at radius 3 is 2.70 bits per heavy atom. The Balaban J connectivity index is 2.11. The van der Waals surface area contributed by atoms with Crippen LogP contribution in [-0.4, -0.2) is 13.1 Å². The molecule has 2 aromatic rings. The molecule has 0 amide bonds. The van der Waals surface area contributed by atoms with Crippen LogP contribution in [0.2, 0.25) is 0 Å². The number of methoxy groups -OCH3 is 1. The number of carbonyl (C=O) groups is 1. The normalized spacial score (nSPS) is 21.9. The predicted molar refractivity (Wildman–Crippen MR) is 92.0 cm³/mol. The third kappa shape index (κ3) is 2.81. The lowest BCUT2D eigenvalue weighted by molar-refractivity contribution is -0.154. The summed E-state index contributed by atoms with van der Waals surface area (Å²) in [5, 5.41) is 5.67. The van der Waals surface area contributed by atoms with E-state index in [1.807, 2.05) is 24.3 Å². The first kappa shape index (κ1) is 15.9. The second-order valence-electron chi connectivity index (χ2n) is 6.36. The molecule has 0 radical (unpaired) electrons. The average Bonchev–Trinajstić information content (AvgIpc) is 3.03. The summed E-state index contributed by atoms with van der Waals surface area (Å²) in [4.78, 5) is 12.9. The van der Waals surface area contributed by atoms with Crippen LogP contribution in [0, 0.1) is 5.41 Å². The van der Waals surface area contributed by atoms with Crippen molar-refractivity contribution in [3.05, 3.63) is 46.2 Å². The molecular formula is C18H21NO3S. The van der Waals surface area contributed by atoms with Crippen LogP contribution in [0.1, 0.15) is 43.4 Å². The molecule has 0 fully saturated rings. The Morgan fingerprint density at radius 1 is 1.30 bits per heavy atom. The lowest BCUT2D eigenvalue weighted by atomic mass is 9.72. The molecule has 2 heterocycles. The van der Waals surface area contributed by atoms with Crippen molar-refractivity contribution in [2.45, 2.75) is 32.9 Å². The topological polar surface area (TPSA) is 47.6 Å². The zero-order valence-corrected chi connectivity index (χ0v) is 14.6. The largest absolute Gasteiger partial charge is 0.497 e. The van der Waals surface area contributed by atoms with Crippen LogP contribution < -0.4 is 10.1 Å². The lowest BCUT2D eigenvalue weighted by Crippen LogP contribution is -2.40. The van der Waals surface area contributed by atoms with Crippen molar-refractivity contribution in [2.24, 2.45) is 5.41 Å². The van der Waals surface area contributed by atoms with Gasteiger partial charge in [0.2, 0.25) is 0 Å². The maximum Gasteiger partial charge on any atom is 0.303 e. The fourth-order valence-electron chi connectivity index (χ4n) is 3.18. The number of esters is 1. The fraction of sp³-hybridized carbons (Fsp3) is 0.389. The smallest absolute Gasteiger partial charge is 0.303 e. The first-order valence-electron chi connectivity index (χ1n) is 7.58. The molecule has 1 aromatic heterocycles. The summed E-state index contributed by atoms with van der Waals surface area (Å²) in [6.45, 7) is 5.71. The van der Waals surface area contributed by atoms with Crippen molar-refractivity contribution in [1.29, 1.82) is 0 Å². The molecule has 5 heteroatoms. The minimum Gasteiger partial charge on any atom is -0.497 e. The first-order valence-corrected chi connectivity index (χ1v) is 8.46. The van der Waals surface area contributed by atoms with Gasteiger partial charge in [-0.2, -0.15) is 0 Å². The van der Waals surface area contributed by atoms with Crippen molar-refractivity contribution in [3.63, 3.8) is 0 Å². The Hall–Kier alpha value is -2.01. The van der Waals surface area contributed by atoms with Gasteiger partial charge in [0, 0.05) is 28.5 Å². The van der Waals surface area contributed by atoms with E-state index in [0.29, 0.717) is 0 Å². The molecule has 4 nitrogen and oxygen atoms in total. The van der Waals surface area contributed by atoms with Gasteiger partial charge in [0.1, 0.15) is 11.9 Å². The highest BCUT2D eigenvalue weighted by Gasteiger charge is 2.46. The highest BCUT2D eigenvalue weighted by Crippen LogP contribution is 2.54. The number of anilines is 1. The minimum atomic E-state index is -0.335. The van der Waals surface area contributed by atoms with Crippen molar-refractivity contribution < 1.29 is 14.3 Å². The van der Waals surface area contributed by atoms with Gasteiger partial charge in [-0.3, -0.25) is 4.79 Å². The van der Waals surface area contributed by atoms with E-state index in [2.05, 4.69) is 30.6 Å². The molecule has 23 heavy (non-hydrogen) atoms. The highest BCUT2D eigenvalue weighted by molar-refractivity contribution is 7.10. The summed E-state index contributed by atoms with van der Waals surface area (Å²) in [6.07, 6.45) is -0.335. The number of fused-ring (bicyclic) bond motifs is 1. The Bertz CT molecular complexity index is 709. The Morgan fingerprint density at radius 2 is 2.09 bits per heavy atom. The van der Waals surface area contributed by atoms with E-state index in [1.165, 1.54) is 11.8 Å². The SMILES string of the molecule is COc1ccc2c(c1)[C@@H](OC(C)=O)C(C)(C)[C@@H](c1cccs1)N2. The van der Waals surface area contributed by atoms with E-state index in [4.69, 9.17) is 9.47 Å². The van der Waals surface area contributed by atoms with Gasteiger partial charge in [-0.25, -0.2) is 0 Å². The molecule has 2 atom stereocenters. The number of rotatable bonds is 3. The zero-order valence-electron chi connectivity index (χ0n) is 13.8. The molecule has 1 N–H and O–H groups in total. The monoisotopic (exact) mass is 331 g/mol. The van der Waals surface area contributed by atoms with Crippen LogP contribution in [0.15, 0.2) is 35.7 Å². The summed E-state index contributed by atoms with van der Waals surface area (Å²) in [6, 6.07) is 10.1. The molecule has 0 unspecified atom stereocenters.